The van der Waals surface area contributed by atoms with Gasteiger partial charge in [-0.3, -0.25) is 4.90 Å². The number of hydrogen-bond acceptors (Lipinski definition) is 5. The van der Waals surface area contributed by atoms with E-state index in [1.807, 2.05) is 4.68 Å². The SMILES string of the molecule is CCCn1nnnc1CN1CCN(CCc2ccccc2)CC1. The van der Waals surface area contributed by atoms with Crippen LogP contribution in [0.2, 0.25) is 0 Å². The molecule has 1 aromatic carbocycles. The lowest BCUT2D eigenvalue weighted by Crippen LogP contribution is -2.46. The van der Waals surface area contributed by atoms with Crippen LogP contribution < -0.4 is 0 Å². The first-order valence-electron chi connectivity index (χ1n) is 8.59. The third kappa shape index (κ3) is 4.59. The van der Waals surface area contributed by atoms with Gasteiger partial charge in [0.25, 0.3) is 0 Å². The van der Waals surface area contributed by atoms with Gasteiger partial charge >= 0.3 is 0 Å². The van der Waals surface area contributed by atoms with Crippen LogP contribution in [0.1, 0.15) is 24.7 Å². The third-order valence-corrected chi connectivity index (χ3v) is 4.43. The van der Waals surface area contributed by atoms with Crippen molar-refractivity contribution in [2.24, 2.45) is 0 Å². The third-order valence-electron chi connectivity index (χ3n) is 4.43. The summed E-state index contributed by atoms with van der Waals surface area (Å²) in [5.41, 5.74) is 1.42. The molecule has 6 heteroatoms. The summed E-state index contributed by atoms with van der Waals surface area (Å²) in [6, 6.07) is 10.7. The predicted octanol–water partition coefficient (Wildman–Crippen LogP) is 1.44. The van der Waals surface area contributed by atoms with Gasteiger partial charge in [-0.05, 0) is 28.8 Å². The van der Waals surface area contributed by atoms with E-state index < -0.39 is 0 Å². The van der Waals surface area contributed by atoms with E-state index in [1.54, 1.807) is 0 Å². The molecule has 1 saturated heterocycles. The number of tetrazole rings is 1. The summed E-state index contributed by atoms with van der Waals surface area (Å²) in [7, 11) is 0. The first-order valence-corrected chi connectivity index (χ1v) is 8.59. The van der Waals surface area contributed by atoms with E-state index in [-0.39, 0.29) is 0 Å². The minimum atomic E-state index is 0.861. The van der Waals surface area contributed by atoms with Crippen LogP contribution in [-0.2, 0) is 19.5 Å². The summed E-state index contributed by atoms with van der Waals surface area (Å²) < 4.78 is 1.93. The van der Waals surface area contributed by atoms with Crippen molar-refractivity contribution in [3.63, 3.8) is 0 Å². The first-order chi connectivity index (χ1) is 11.3. The van der Waals surface area contributed by atoms with Crippen LogP contribution in [0.25, 0.3) is 0 Å². The van der Waals surface area contributed by atoms with Gasteiger partial charge in [0.15, 0.2) is 5.82 Å². The van der Waals surface area contributed by atoms with Crippen LogP contribution in [0.15, 0.2) is 30.3 Å². The molecule has 6 nitrogen and oxygen atoms in total. The monoisotopic (exact) mass is 314 g/mol. The molecule has 0 unspecified atom stereocenters. The molecule has 124 valence electrons. The van der Waals surface area contributed by atoms with Gasteiger partial charge in [-0.2, -0.15) is 0 Å². The Morgan fingerprint density at radius 2 is 1.70 bits per heavy atom. The van der Waals surface area contributed by atoms with E-state index >= 15 is 0 Å². The molecule has 2 heterocycles. The zero-order valence-corrected chi connectivity index (χ0v) is 13.9. The van der Waals surface area contributed by atoms with Gasteiger partial charge in [0.2, 0.25) is 0 Å². The highest BCUT2D eigenvalue weighted by molar-refractivity contribution is 5.14. The van der Waals surface area contributed by atoms with Crippen molar-refractivity contribution in [3.05, 3.63) is 41.7 Å². The fourth-order valence-electron chi connectivity index (χ4n) is 3.02. The Kier molecular flexibility index (Phi) is 5.71. The van der Waals surface area contributed by atoms with Crippen molar-refractivity contribution in [3.8, 4) is 0 Å². The number of aromatic nitrogens is 4. The van der Waals surface area contributed by atoms with E-state index in [2.05, 4.69) is 62.6 Å². The molecule has 0 aliphatic carbocycles. The summed E-state index contributed by atoms with van der Waals surface area (Å²) in [6.07, 6.45) is 2.20. The average Bonchev–Trinajstić information content (AvgIpc) is 3.03. The van der Waals surface area contributed by atoms with Crippen LogP contribution in [0.4, 0.5) is 0 Å². The molecule has 0 bridgehead atoms. The standard InChI is InChI=1S/C17H26N6/c1-2-9-23-17(18-19-20-23)15-22-13-11-21(12-14-22)10-8-16-6-4-3-5-7-16/h3-7H,2,8-15H2,1H3. The molecule has 2 aromatic rings. The minimum Gasteiger partial charge on any atom is -0.300 e. The smallest absolute Gasteiger partial charge is 0.165 e. The maximum atomic E-state index is 4.17. The number of hydrogen-bond donors (Lipinski definition) is 0. The lowest BCUT2D eigenvalue weighted by molar-refractivity contribution is 0.124. The fourth-order valence-corrected chi connectivity index (χ4v) is 3.02. The van der Waals surface area contributed by atoms with Crippen molar-refractivity contribution >= 4 is 0 Å². The quantitative estimate of drug-likeness (QED) is 0.774. The molecule has 0 atom stereocenters. The number of aryl methyl sites for hydroxylation is 1. The van der Waals surface area contributed by atoms with Gasteiger partial charge < -0.3 is 4.90 Å². The van der Waals surface area contributed by atoms with Crippen molar-refractivity contribution in [2.45, 2.75) is 32.9 Å². The van der Waals surface area contributed by atoms with Gasteiger partial charge in [0.1, 0.15) is 0 Å². The lowest BCUT2D eigenvalue weighted by Gasteiger charge is -2.34. The second-order valence-corrected chi connectivity index (χ2v) is 6.17. The summed E-state index contributed by atoms with van der Waals surface area (Å²) in [4.78, 5) is 5.01. The molecular weight excluding hydrogens is 288 g/mol. The average molecular weight is 314 g/mol. The summed E-state index contributed by atoms with van der Waals surface area (Å²) in [6.45, 7) is 9.49. The second kappa shape index (κ2) is 8.17. The largest absolute Gasteiger partial charge is 0.300 e. The summed E-state index contributed by atoms with van der Waals surface area (Å²) in [5, 5.41) is 12.0. The van der Waals surface area contributed by atoms with E-state index in [9.17, 15) is 0 Å². The molecule has 0 saturated carbocycles. The topological polar surface area (TPSA) is 50.1 Å². The fraction of sp³-hybridized carbons (Fsp3) is 0.588. The molecule has 0 radical (unpaired) electrons. The normalized spacial score (nSPS) is 16.7. The summed E-state index contributed by atoms with van der Waals surface area (Å²) in [5.74, 6) is 0.990. The highest BCUT2D eigenvalue weighted by Crippen LogP contribution is 2.08. The lowest BCUT2D eigenvalue weighted by atomic mass is 10.1. The molecule has 23 heavy (non-hydrogen) atoms. The van der Waals surface area contributed by atoms with Crippen LogP contribution in [-0.4, -0.2) is 62.7 Å². The maximum Gasteiger partial charge on any atom is 0.165 e. The number of rotatable bonds is 7. The van der Waals surface area contributed by atoms with Gasteiger partial charge in [0.05, 0.1) is 6.54 Å². The Morgan fingerprint density at radius 1 is 0.957 bits per heavy atom. The van der Waals surface area contributed by atoms with E-state index in [1.165, 1.54) is 5.56 Å². The van der Waals surface area contributed by atoms with Gasteiger partial charge in [-0.25, -0.2) is 4.68 Å². The number of piperazine rings is 1. The Morgan fingerprint density at radius 3 is 2.43 bits per heavy atom. The van der Waals surface area contributed by atoms with Crippen molar-refractivity contribution in [2.75, 3.05) is 32.7 Å². The Bertz CT molecular complexity index is 574. The molecule has 0 N–H and O–H groups in total. The molecular formula is C17H26N6. The minimum absolute atomic E-state index is 0.861. The second-order valence-electron chi connectivity index (χ2n) is 6.17. The molecule has 0 spiro atoms. The summed E-state index contributed by atoms with van der Waals surface area (Å²) >= 11 is 0. The van der Waals surface area contributed by atoms with Gasteiger partial charge in [-0.1, -0.05) is 37.3 Å². The number of benzene rings is 1. The zero-order valence-electron chi connectivity index (χ0n) is 13.9. The Balaban J connectivity index is 1.42. The van der Waals surface area contributed by atoms with Crippen molar-refractivity contribution in [1.29, 1.82) is 0 Å². The van der Waals surface area contributed by atoms with Crippen molar-refractivity contribution in [1.82, 2.24) is 30.0 Å². The van der Waals surface area contributed by atoms with E-state index in [4.69, 9.17) is 0 Å². The van der Waals surface area contributed by atoms with Crippen LogP contribution in [0.3, 0.4) is 0 Å². The Labute approximate surface area is 138 Å². The molecule has 1 fully saturated rings. The van der Waals surface area contributed by atoms with Crippen LogP contribution >= 0.6 is 0 Å². The molecule has 1 aliphatic heterocycles. The van der Waals surface area contributed by atoms with Crippen LogP contribution in [0, 0.1) is 0 Å². The van der Waals surface area contributed by atoms with Crippen molar-refractivity contribution < 1.29 is 0 Å². The molecule has 1 aliphatic rings. The number of nitrogens with zero attached hydrogens (tertiary/aromatic N) is 6. The highest BCUT2D eigenvalue weighted by Gasteiger charge is 2.18. The molecule has 0 amide bonds. The first kappa shape index (κ1) is 16.1. The Hall–Kier alpha value is -1.79. The molecule has 1 aromatic heterocycles. The van der Waals surface area contributed by atoms with Crippen LogP contribution in [0.5, 0.6) is 0 Å². The predicted molar refractivity (Wildman–Crippen MR) is 90.0 cm³/mol. The van der Waals surface area contributed by atoms with E-state index in [0.29, 0.717) is 0 Å². The highest BCUT2D eigenvalue weighted by atomic mass is 15.5. The zero-order chi connectivity index (χ0) is 15.9. The van der Waals surface area contributed by atoms with Gasteiger partial charge in [-0.15, -0.1) is 5.10 Å². The molecule has 3 rings (SSSR count). The van der Waals surface area contributed by atoms with Gasteiger partial charge in [0, 0.05) is 39.3 Å². The maximum absolute atomic E-state index is 4.17. The van der Waals surface area contributed by atoms with E-state index in [0.717, 1.165) is 64.5 Å².